The number of hydrogen-bond acceptors (Lipinski definition) is 0. The van der Waals surface area contributed by atoms with Gasteiger partial charge in [0.2, 0.25) is 0 Å². The molecule has 1 saturated carbocycles. The van der Waals surface area contributed by atoms with Gasteiger partial charge >= 0.3 is 0 Å². The van der Waals surface area contributed by atoms with E-state index >= 15 is 0 Å². The van der Waals surface area contributed by atoms with Crippen molar-refractivity contribution >= 4 is 0 Å². The molecule has 0 nitrogen and oxygen atoms in total. The van der Waals surface area contributed by atoms with Gasteiger partial charge in [0, 0.05) is 0 Å². The van der Waals surface area contributed by atoms with E-state index in [4.69, 9.17) is 0 Å². The largest absolute Gasteiger partial charge is 0.100 e. The summed E-state index contributed by atoms with van der Waals surface area (Å²) in [4.78, 5) is 0. The van der Waals surface area contributed by atoms with Crippen molar-refractivity contribution in [2.45, 2.75) is 67.2 Å². The van der Waals surface area contributed by atoms with E-state index < -0.39 is 0 Å². The molecule has 0 heteroatoms. The monoisotopic (exact) mass is 288 g/mol. The minimum absolute atomic E-state index is 0.395. The maximum atomic E-state index is 4.43. The Morgan fingerprint density at radius 1 is 0.952 bits per heavy atom. The van der Waals surface area contributed by atoms with Crippen molar-refractivity contribution in [3.05, 3.63) is 36.5 Å². The average molecular weight is 289 g/mol. The second kappa shape index (κ2) is 6.99. The maximum absolute atomic E-state index is 4.43. The highest BCUT2D eigenvalue weighted by molar-refractivity contribution is 5.23. The van der Waals surface area contributed by atoms with Crippen LogP contribution >= 0.6 is 0 Å². The predicted octanol–water partition coefficient (Wildman–Crippen LogP) is 6.80. The molecular formula is C21H36. The van der Waals surface area contributed by atoms with Crippen LogP contribution in [0.5, 0.6) is 0 Å². The predicted molar refractivity (Wildman–Crippen MR) is 96.3 cm³/mol. The van der Waals surface area contributed by atoms with Crippen LogP contribution in [0.25, 0.3) is 0 Å². The molecule has 1 aliphatic rings. The van der Waals surface area contributed by atoms with Crippen molar-refractivity contribution < 1.29 is 0 Å². The van der Waals surface area contributed by atoms with Crippen LogP contribution in [0, 0.1) is 29.1 Å². The third-order valence-corrected chi connectivity index (χ3v) is 5.95. The Labute approximate surface area is 133 Å². The minimum atomic E-state index is 0.395. The summed E-state index contributed by atoms with van der Waals surface area (Å²) in [7, 11) is 0. The van der Waals surface area contributed by atoms with Crippen LogP contribution in [0.2, 0.25) is 0 Å². The van der Waals surface area contributed by atoms with Gasteiger partial charge in [-0.25, -0.2) is 0 Å². The van der Waals surface area contributed by atoms with E-state index in [-0.39, 0.29) is 0 Å². The molecule has 0 saturated heterocycles. The molecule has 120 valence electrons. The third-order valence-electron chi connectivity index (χ3n) is 5.95. The summed E-state index contributed by atoms with van der Waals surface area (Å²) in [6, 6.07) is 0. The van der Waals surface area contributed by atoms with Gasteiger partial charge in [0.1, 0.15) is 0 Å². The second-order valence-electron chi connectivity index (χ2n) is 8.28. The van der Waals surface area contributed by atoms with Crippen LogP contribution in [0.1, 0.15) is 67.2 Å². The molecule has 1 aliphatic carbocycles. The van der Waals surface area contributed by atoms with E-state index in [1.807, 2.05) is 0 Å². The fourth-order valence-corrected chi connectivity index (χ4v) is 3.63. The van der Waals surface area contributed by atoms with Crippen molar-refractivity contribution in [1.82, 2.24) is 0 Å². The van der Waals surface area contributed by atoms with Gasteiger partial charge in [0.15, 0.2) is 0 Å². The Hall–Kier alpha value is -0.780. The first-order chi connectivity index (χ1) is 9.57. The Balaban J connectivity index is 2.66. The number of allylic oxidation sites excluding steroid dienone is 3. The highest BCUT2D eigenvalue weighted by atomic mass is 14.4. The number of rotatable bonds is 6. The lowest BCUT2D eigenvalue weighted by molar-refractivity contribution is 0.232. The zero-order chi connectivity index (χ0) is 16.4. The van der Waals surface area contributed by atoms with Crippen molar-refractivity contribution in [3.63, 3.8) is 0 Å². The lowest BCUT2D eigenvalue weighted by Gasteiger charge is -2.42. The van der Waals surface area contributed by atoms with Crippen molar-refractivity contribution in [1.29, 1.82) is 0 Å². The van der Waals surface area contributed by atoms with Crippen LogP contribution in [-0.4, -0.2) is 0 Å². The molecule has 0 aromatic rings. The standard InChI is InChI=1S/C21H36/c1-14(2)10-12-21(8,9)13-11-20-18(6)16(4)15(3)17(5)19(20)7/h15,17-18,20H,1,4,7,10-13H2,2-3,5-6,8-9H3. The summed E-state index contributed by atoms with van der Waals surface area (Å²) < 4.78 is 0. The van der Waals surface area contributed by atoms with Gasteiger partial charge in [-0.1, -0.05) is 64.5 Å². The summed E-state index contributed by atoms with van der Waals surface area (Å²) in [5.74, 6) is 2.37. The van der Waals surface area contributed by atoms with Crippen LogP contribution in [0.15, 0.2) is 36.5 Å². The van der Waals surface area contributed by atoms with Gasteiger partial charge < -0.3 is 0 Å². The molecule has 21 heavy (non-hydrogen) atoms. The van der Waals surface area contributed by atoms with Gasteiger partial charge in [0.25, 0.3) is 0 Å². The molecule has 0 radical (unpaired) electrons. The molecule has 0 heterocycles. The molecular weight excluding hydrogens is 252 g/mol. The van der Waals surface area contributed by atoms with Crippen LogP contribution < -0.4 is 0 Å². The van der Waals surface area contributed by atoms with Gasteiger partial charge in [-0.05, 0) is 61.7 Å². The Bertz CT molecular complexity index is 410. The zero-order valence-electron chi connectivity index (χ0n) is 15.3. The summed E-state index contributed by atoms with van der Waals surface area (Å²) in [5, 5.41) is 0. The molecule has 1 rings (SSSR count). The van der Waals surface area contributed by atoms with Gasteiger partial charge in [-0.3, -0.25) is 0 Å². The molecule has 4 unspecified atom stereocenters. The summed E-state index contributed by atoms with van der Waals surface area (Å²) in [6.07, 6.45) is 4.90. The van der Waals surface area contributed by atoms with Crippen molar-refractivity contribution in [2.24, 2.45) is 29.1 Å². The van der Waals surface area contributed by atoms with E-state index in [0.29, 0.717) is 29.1 Å². The fraction of sp³-hybridized carbons (Fsp3) is 0.714. The van der Waals surface area contributed by atoms with Gasteiger partial charge in [0.05, 0.1) is 0 Å². The SMILES string of the molecule is C=C(C)CCC(C)(C)CCC1C(=C)C(C)C(C)C(=C)C1C. The highest BCUT2D eigenvalue weighted by Crippen LogP contribution is 2.46. The van der Waals surface area contributed by atoms with Gasteiger partial charge in [-0.2, -0.15) is 0 Å². The molecule has 0 aromatic heterocycles. The van der Waals surface area contributed by atoms with E-state index in [2.05, 4.69) is 61.3 Å². The first kappa shape index (κ1) is 18.3. The molecule has 0 aromatic carbocycles. The Morgan fingerprint density at radius 3 is 2.00 bits per heavy atom. The topological polar surface area (TPSA) is 0 Å². The normalized spacial score (nSPS) is 30.6. The zero-order valence-corrected chi connectivity index (χ0v) is 15.3. The average Bonchev–Trinajstić information content (AvgIpc) is 2.41. The highest BCUT2D eigenvalue weighted by Gasteiger charge is 2.36. The number of hydrogen-bond donors (Lipinski definition) is 0. The van der Waals surface area contributed by atoms with E-state index in [9.17, 15) is 0 Å². The molecule has 0 aliphatic heterocycles. The quantitative estimate of drug-likeness (QED) is 0.471. The first-order valence-corrected chi connectivity index (χ1v) is 8.58. The fourth-order valence-electron chi connectivity index (χ4n) is 3.63. The van der Waals surface area contributed by atoms with E-state index in [1.165, 1.54) is 36.0 Å². The van der Waals surface area contributed by atoms with Crippen LogP contribution in [0.3, 0.4) is 0 Å². The Morgan fingerprint density at radius 2 is 1.48 bits per heavy atom. The lowest BCUT2D eigenvalue weighted by Crippen LogP contribution is -2.32. The van der Waals surface area contributed by atoms with Crippen molar-refractivity contribution in [2.75, 3.05) is 0 Å². The Kier molecular flexibility index (Phi) is 6.08. The molecule has 4 atom stereocenters. The van der Waals surface area contributed by atoms with Crippen molar-refractivity contribution in [3.8, 4) is 0 Å². The van der Waals surface area contributed by atoms with E-state index in [1.54, 1.807) is 0 Å². The molecule has 0 bridgehead atoms. The molecule has 0 spiro atoms. The van der Waals surface area contributed by atoms with Crippen LogP contribution in [-0.2, 0) is 0 Å². The summed E-state index contributed by atoms with van der Waals surface area (Å²) >= 11 is 0. The maximum Gasteiger partial charge on any atom is -0.0140 e. The molecule has 0 amide bonds. The molecule has 0 N–H and O–H groups in total. The third kappa shape index (κ3) is 4.59. The second-order valence-corrected chi connectivity index (χ2v) is 8.28. The minimum Gasteiger partial charge on any atom is -0.100 e. The first-order valence-electron chi connectivity index (χ1n) is 8.58. The summed E-state index contributed by atoms with van der Waals surface area (Å²) in [6.45, 7) is 26.7. The molecule has 1 fully saturated rings. The van der Waals surface area contributed by atoms with E-state index in [0.717, 1.165) is 6.42 Å². The summed E-state index contributed by atoms with van der Waals surface area (Å²) in [5.41, 5.74) is 4.58. The lowest BCUT2D eigenvalue weighted by atomic mass is 9.63. The smallest absolute Gasteiger partial charge is 0.0140 e. The van der Waals surface area contributed by atoms with Gasteiger partial charge in [-0.15, -0.1) is 6.58 Å². The van der Waals surface area contributed by atoms with Crippen LogP contribution in [0.4, 0.5) is 0 Å².